The van der Waals surface area contributed by atoms with Crippen LogP contribution in [0.15, 0.2) is 24.3 Å². The van der Waals surface area contributed by atoms with Crippen LogP contribution in [0.25, 0.3) is 0 Å². The summed E-state index contributed by atoms with van der Waals surface area (Å²) in [6, 6.07) is 6.07. The van der Waals surface area contributed by atoms with Crippen LogP contribution in [0, 0.1) is 0 Å². The predicted octanol–water partition coefficient (Wildman–Crippen LogP) is 2.46. The average molecular weight is 264 g/mol. The van der Waals surface area contributed by atoms with Crippen LogP contribution in [0.3, 0.4) is 0 Å². The van der Waals surface area contributed by atoms with E-state index in [9.17, 15) is 14.4 Å². The highest BCUT2D eigenvalue weighted by molar-refractivity contribution is 6.14. The standard InChI is InChI=1S/C13H16N2O4/c1-3-11(16)15(12(17)4-2)10-7-5-9(6-8-10)14-13(18)19/h5-8,14H,3-4H2,1-2H3,(H,18,19). The summed E-state index contributed by atoms with van der Waals surface area (Å²) in [5, 5.41) is 10.8. The molecule has 0 unspecified atom stereocenters. The topological polar surface area (TPSA) is 86.7 Å². The van der Waals surface area contributed by atoms with Gasteiger partial charge in [0.05, 0.1) is 5.69 Å². The van der Waals surface area contributed by atoms with Crippen molar-refractivity contribution in [3.8, 4) is 0 Å². The number of carbonyl (C=O) groups is 3. The maximum absolute atomic E-state index is 11.8. The van der Waals surface area contributed by atoms with E-state index in [1.807, 2.05) is 0 Å². The number of amides is 3. The van der Waals surface area contributed by atoms with Gasteiger partial charge in [-0.15, -0.1) is 0 Å². The maximum Gasteiger partial charge on any atom is 0.409 e. The summed E-state index contributed by atoms with van der Waals surface area (Å²) in [6.07, 6.45) is -0.722. The molecule has 19 heavy (non-hydrogen) atoms. The van der Waals surface area contributed by atoms with E-state index in [2.05, 4.69) is 5.32 Å². The van der Waals surface area contributed by atoms with E-state index in [0.29, 0.717) is 11.4 Å². The van der Waals surface area contributed by atoms with Crippen molar-refractivity contribution in [3.63, 3.8) is 0 Å². The lowest BCUT2D eigenvalue weighted by atomic mass is 10.2. The van der Waals surface area contributed by atoms with Crippen molar-refractivity contribution in [2.24, 2.45) is 0 Å². The lowest BCUT2D eigenvalue weighted by Crippen LogP contribution is -2.35. The third-order valence-electron chi connectivity index (χ3n) is 2.48. The van der Waals surface area contributed by atoms with Crippen molar-refractivity contribution in [2.75, 3.05) is 10.2 Å². The summed E-state index contributed by atoms with van der Waals surface area (Å²) in [7, 11) is 0. The highest BCUT2D eigenvalue weighted by atomic mass is 16.4. The molecule has 0 aliphatic heterocycles. The number of rotatable bonds is 4. The molecule has 3 amide bonds. The fourth-order valence-corrected chi connectivity index (χ4v) is 1.56. The molecule has 6 heteroatoms. The monoisotopic (exact) mass is 264 g/mol. The number of hydrogen-bond acceptors (Lipinski definition) is 3. The molecule has 102 valence electrons. The Morgan fingerprint density at radius 1 is 1.05 bits per heavy atom. The van der Waals surface area contributed by atoms with Crippen molar-refractivity contribution in [1.29, 1.82) is 0 Å². The second-order valence-corrected chi connectivity index (χ2v) is 3.81. The summed E-state index contributed by atoms with van der Waals surface area (Å²) in [5.41, 5.74) is 0.818. The van der Waals surface area contributed by atoms with E-state index in [4.69, 9.17) is 5.11 Å². The van der Waals surface area contributed by atoms with Crippen molar-refractivity contribution in [3.05, 3.63) is 24.3 Å². The molecule has 1 aromatic rings. The number of imide groups is 1. The lowest BCUT2D eigenvalue weighted by molar-refractivity contribution is -0.126. The van der Waals surface area contributed by atoms with Crippen molar-refractivity contribution < 1.29 is 19.5 Å². The Hall–Kier alpha value is -2.37. The van der Waals surface area contributed by atoms with Gasteiger partial charge in [0.15, 0.2) is 0 Å². The zero-order chi connectivity index (χ0) is 14.4. The summed E-state index contributed by atoms with van der Waals surface area (Å²) >= 11 is 0. The van der Waals surface area contributed by atoms with Crippen molar-refractivity contribution in [2.45, 2.75) is 26.7 Å². The molecule has 0 fully saturated rings. The predicted molar refractivity (Wildman–Crippen MR) is 71.2 cm³/mol. The van der Waals surface area contributed by atoms with E-state index in [-0.39, 0.29) is 24.7 Å². The third kappa shape index (κ3) is 3.80. The van der Waals surface area contributed by atoms with Crippen LogP contribution < -0.4 is 10.2 Å². The molecule has 0 atom stereocenters. The Labute approximate surface area is 111 Å². The Morgan fingerprint density at radius 3 is 1.89 bits per heavy atom. The third-order valence-corrected chi connectivity index (χ3v) is 2.48. The fraction of sp³-hybridized carbons (Fsp3) is 0.308. The van der Waals surface area contributed by atoms with Gasteiger partial charge in [0, 0.05) is 18.5 Å². The number of hydrogen-bond donors (Lipinski definition) is 2. The molecule has 0 spiro atoms. The Kier molecular flexibility index (Phi) is 5.05. The molecule has 6 nitrogen and oxygen atoms in total. The minimum atomic E-state index is -1.17. The van der Waals surface area contributed by atoms with Gasteiger partial charge >= 0.3 is 6.09 Å². The molecule has 1 rings (SSSR count). The quantitative estimate of drug-likeness (QED) is 0.874. The molecule has 2 N–H and O–H groups in total. The first-order valence-corrected chi connectivity index (χ1v) is 5.95. The number of carboxylic acid groups (broad SMARTS) is 1. The molecule has 1 aromatic carbocycles. The molecule has 0 aromatic heterocycles. The van der Waals surface area contributed by atoms with Gasteiger partial charge in [-0.3, -0.25) is 19.8 Å². The van der Waals surface area contributed by atoms with Crippen LogP contribution in [0.1, 0.15) is 26.7 Å². The highest BCUT2D eigenvalue weighted by Gasteiger charge is 2.20. The normalized spacial score (nSPS) is 9.79. The molecular weight excluding hydrogens is 248 g/mol. The minimum Gasteiger partial charge on any atom is -0.465 e. The smallest absolute Gasteiger partial charge is 0.409 e. The van der Waals surface area contributed by atoms with Gasteiger partial charge in [-0.05, 0) is 24.3 Å². The van der Waals surface area contributed by atoms with E-state index in [0.717, 1.165) is 4.90 Å². The van der Waals surface area contributed by atoms with Gasteiger partial charge in [-0.1, -0.05) is 13.8 Å². The maximum atomic E-state index is 11.8. The van der Waals surface area contributed by atoms with Crippen LogP contribution in [-0.2, 0) is 9.59 Å². The Bertz CT molecular complexity index is 466. The minimum absolute atomic E-state index is 0.223. The van der Waals surface area contributed by atoms with E-state index < -0.39 is 6.09 Å². The van der Waals surface area contributed by atoms with Crippen LogP contribution in [-0.4, -0.2) is 23.0 Å². The first kappa shape index (κ1) is 14.7. The van der Waals surface area contributed by atoms with Gasteiger partial charge < -0.3 is 5.11 Å². The van der Waals surface area contributed by atoms with Gasteiger partial charge in [0.1, 0.15) is 0 Å². The average Bonchev–Trinajstić information content (AvgIpc) is 2.39. The second-order valence-electron chi connectivity index (χ2n) is 3.81. The molecule has 0 bridgehead atoms. The zero-order valence-electron chi connectivity index (χ0n) is 10.8. The lowest BCUT2D eigenvalue weighted by Gasteiger charge is -2.20. The number of anilines is 2. The number of nitrogens with zero attached hydrogens (tertiary/aromatic N) is 1. The summed E-state index contributed by atoms with van der Waals surface area (Å²) in [4.78, 5) is 35.1. The highest BCUT2D eigenvalue weighted by Crippen LogP contribution is 2.19. The van der Waals surface area contributed by atoms with E-state index in [1.54, 1.807) is 13.8 Å². The summed E-state index contributed by atoms with van der Waals surface area (Å²) in [6.45, 7) is 3.36. The van der Waals surface area contributed by atoms with Gasteiger partial charge in [0.2, 0.25) is 11.8 Å². The second kappa shape index (κ2) is 6.53. The first-order valence-electron chi connectivity index (χ1n) is 5.95. The summed E-state index contributed by atoms with van der Waals surface area (Å²) < 4.78 is 0. The SMILES string of the molecule is CCC(=O)N(C(=O)CC)c1ccc(NC(=O)O)cc1. The van der Waals surface area contributed by atoms with E-state index >= 15 is 0 Å². The molecular formula is C13H16N2O4. The number of benzene rings is 1. The van der Waals surface area contributed by atoms with Gasteiger partial charge in [0.25, 0.3) is 0 Å². The molecule has 0 saturated carbocycles. The van der Waals surface area contributed by atoms with Crippen molar-refractivity contribution >= 4 is 29.3 Å². The van der Waals surface area contributed by atoms with E-state index in [1.165, 1.54) is 24.3 Å². The Morgan fingerprint density at radius 2 is 1.53 bits per heavy atom. The first-order chi connectivity index (χ1) is 8.99. The van der Waals surface area contributed by atoms with Crippen molar-refractivity contribution in [1.82, 2.24) is 0 Å². The van der Waals surface area contributed by atoms with Crippen LogP contribution >= 0.6 is 0 Å². The molecule has 0 heterocycles. The number of carbonyl (C=O) groups excluding carboxylic acids is 2. The largest absolute Gasteiger partial charge is 0.465 e. The van der Waals surface area contributed by atoms with Gasteiger partial charge in [-0.25, -0.2) is 4.79 Å². The zero-order valence-corrected chi connectivity index (χ0v) is 10.8. The van der Waals surface area contributed by atoms with Crippen LogP contribution in [0.2, 0.25) is 0 Å². The Balaban J connectivity index is 3.00. The molecule has 0 aliphatic rings. The molecule has 0 radical (unpaired) electrons. The molecule has 0 saturated heterocycles. The van der Waals surface area contributed by atoms with Gasteiger partial charge in [-0.2, -0.15) is 0 Å². The molecule has 0 aliphatic carbocycles. The number of nitrogens with one attached hydrogen (secondary N) is 1. The van der Waals surface area contributed by atoms with Crippen LogP contribution in [0.4, 0.5) is 16.2 Å². The fourth-order valence-electron chi connectivity index (χ4n) is 1.56. The van der Waals surface area contributed by atoms with Crippen LogP contribution in [0.5, 0.6) is 0 Å². The summed E-state index contributed by atoms with van der Waals surface area (Å²) in [5.74, 6) is -0.573.